The van der Waals surface area contributed by atoms with E-state index in [2.05, 4.69) is 26.7 Å². The number of benzene rings is 2. The van der Waals surface area contributed by atoms with Gasteiger partial charge in [0.1, 0.15) is 11.9 Å². The lowest BCUT2D eigenvalue weighted by Crippen LogP contribution is -2.05. The van der Waals surface area contributed by atoms with Crippen LogP contribution in [0.1, 0.15) is 21.6 Å². The van der Waals surface area contributed by atoms with Crippen LogP contribution in [0.2, 0.25) is 0 Å². The third-order valence-corrected chi connectivity index (χ3v) is 3.70. The number of carbonyl (C=O) groups excluding carboxylic acids is 1. The number of carbonyl (C=O) groups is 1. The number of rotatable bonds is 5. The van der Waals surface area contributed by atoms with Gasteiger partial charge in [-0.25, -0.2) is 9.78 Å². The van der Waals surface area contributed by atoms with Crippen molar-refractivity contribution in [2.24, 2.45) is 0 Å². The Kier molecular flexibility index (Phi) is 5.28. The molecule has 0 unspecified atom stereocenters. The number of anilines is 4. The molecule has 0 amide bonds. The number of hydrogen-bond acceptors (Lipinski definition) is 7. The standard InChI is InChI=1S/C20H17N5O2/c1-13-10-18(24-17-9-4-3-6-15(17)12-21)25-20(22-13)23-16-8-5-7-14(11-16)19(26)27-2/h3-11H,1-2H3,(H2,22,23,24,25). The molecule has 2 N–H and O–H groups in total. The number of nitrogens with zero attached hydrogens (tertiary/aromatic N) is 3. The van der Waals surface area contributed by atoms with Gasteiger partial charge >= 0.3 is 5.97 Å². The molecule has 7 nitrogen and oxygen atoms in total. The number of aromatic nitrogens is 2. The lowest BCUT2D eigenvalue weighted by molar-refractivity contribution is 0.0601. The predicted molar refractivity (Wildman–Crippen MR) is 102 cm³/mol. The van der Waals surface area contributed by atoms with Crippen LogP contribution in [0.5, 0.6) is 0 Å². The van der Waals surface area contributed by atoms with Gasteiger partial charge in [-0.2, -0.15) is 10.2 Å². The molecule has 0 saturated heterocycles. The third kappa shape index (κ3) is 4.38. The van der Waals surface area contributed by atoms with Crippen LogP contribution in [0.25, 0.3) is 0 Å². The Morgan fingerprint density at radius 3 is 2.67 bits per heavy atom. The van der Waals surface area contributed by atoms with Crippen LogP contribution >= 0.6 is 0 Å². The highest BCUT2D eigenvalue weighted by atomic mass is 16.5. The average Bonchev–Trinajstić information content (AvgIpc) is 2.67. The molecule has 27 heavy (non-hydrogen) atoms. The summed E-state index contributed by atoms with van der Waals surface area (Å²) in [5.74, 6) is 0.505. The monoisotopic (exact) mass is 359 g/mol. The maximum Gasteiger partial charge on any atom is 0.337 e. The van der Waals surface area contributed by atoms with Crippen molar-refractivity contribution in [2.75, 3.05) is 17.7 Å². The van der Waals surface area contributed by atoms with E-state index < -0.39 is 5.97 Å². The van der Waals surface area contributed by atoms with Gasteiger partial charge in [0.05, 0.1) is 23.9 Å². The van der Waals surface area contributed by atoms with Crippen molar-refractivity contribution < 1.29 is 9.53 Å². The van der Waals surface area contributed by atoms with Crippen LogP contribution in [0.15, 0.2) is 54.6 Å². The Balaban J connectivity index is 1.86. The molecule has 0 atom stereocenters. The second-order valence-electron chi connectivity index (χ2n) is 5.70. The summed E-state index contributed by atoms with van der Waals surface area (Å²) in [7, 11) is 1.34. The number of aryl methyl sites for hydroxylation is 1. The summed E-state index contributed by atoms with van der Waals surface area (Å²) >= 11 is 0. The van der Waals surface area contributed by atoms with E-state index >= 15 is 0 Å². The van der Waals surface area contributed by atoms with E-state index in [-0.39, 0.29) is 0 Å². The van der Waals surface area contributed by atoms with Gasteiger partial charge in [0.25, 0.3) is 0 Å². The largest absolute Gasteiger partial charge is 0.465 e. The Hall–Kier alpha value is -3.92. The highest BCUT2D eigenvalue weighted by molar-refractivity contribution is 5.90. The first-order valence-corrected chi connectivity index (χ1v) is 8.16. The number of nitrogens with one attached hydrogen (secondary N) is 2. The van der Waals surface area contributed by atoms with E-state index in [0.717, 1.165) is 5.69 Å². The van der Waals surface area contributed by atoms with Gasteiger partial charge < -0.3 is 15.4 Å². The number of hydrogen-bond donors (Lipinski definition) is 2. The fraction of sp³-hybridized carbons (Fsp3) is 0.100. The molecule has 0 aliphatic heterocycles. The van der Waals surface area contributed by atoms with Gasteiger partial charge in [0, 0.05) is 17.4 Å². The zero-order chi connectivity index (χ0) is 19.2. The maximum atomic E-state index is 11.7. The fourth-order valence-electron chi connectivity index (χ4n) is 2.49. The number of nitriles is 1. The summed E-state index contributed by atoms with van der Waals surface area (Å²) in [6.45, 7) is 1.85. The Morgan fingerprint density at radius 1 is 1.07 bits per heavy atom. The van der Waals surface area contributed by atoms with Crippen LogP contribution in [-0.4, -0.2) is 23.0 Å². The molecule has 0 spiro atoms. The van der Waals surface area contributed by atoms with E-state index in [1.54, 1.807) is 42.5 Å². The van der Waals surface area contributed by atoms with Gasteiger partial charge in [-0.1, -0.05) is 18.2 Å². The van der Waals surface area contributed by atoms with E-state index in [1.165, 1.54) is 7.11 Å². The number of para-hydroxylation sites is 1. The molecule has 0 saturated carbocycles. The maximum absolute atomic E-state index is 11.7. The molecule has 3 rings (SSSR count). The molecule has 1 heterocycles. The summed E-state index contributed by atoms with van der Waals surface area (Å²) in [6.07, 6.45) is 0. The van der Waals surface area contributed by atoms with Crippen molar-refractivity contribution in [1.82, 2.24) is 9.97 Å². The Bertz CT molecular complexity index is 1030. The Labute approximate surface area is 156 Å². The quantitative estimate of drug-likeness (QED) is 0.666. The molecule has 7 heteroatoms. The lowest BCUT2D eigenvalue weighted by Gasteiger charge is -2.11. The molecule has 1 aromatic heterocycles. The van der Waals surface area contributed by atoms with E-state index in [0.29, 0.717) is 34.3 Å². The topological polar surface area (TPSA) is 99.9 Å². The first-order chi connectivity index (χ1) is 13.1. The van der Waals surface area contributed by atoms with E-state index in [9.17, 15) is 10.1 Å². The van der Waals surface area contributed by atoms with E-state index in [4.69, 9.17) is 4.74 Å². The van der Waals surface area contributed by atoms with Crippen molar-refractivity contribution >= 4 is 29.1 Å². The highest BCUT2D eigenvalue weighted by Gasteiger charge is 2.09. The fourth-order valence-corrected chi connectivity index (χ4v) is 2.49. The van der Waals surface area contributed by atoms with Gasteiger partial charge in [0.2, 0.25) is 5.95 Å². The number of ether oxygens (including phenoxy) is 1. The predicted octanol–water partition coefficient (Wildman–Crippen LogP) is 3.93. The molecule has 0 aliphatic rings. The van der Waals surface area contributed by atoms with Crippen molar-refractivity contribution in [3.8, 4) is 6.07 Å². The minimum atomic E-state index is -0.417. The summed E-state index contributed by atoms with van der Waals surface area (Å²) in [5.41, 5.74) is 3.02. The highest BCUT2D eigenvalue weighted by Crippen LogP contribution is 2.22. The van der Waals surface area contributed by atoms with Gasteiger partial charge in [-0.15, -0.1) is 0 Å². The first kappa shape index (κ1) is 17.9. The smallest absolute Gasteiger partial charge is 0.337 e. The third-order valence-electron chi connectivity index (χ3n) is 3.70. The molecule has 3 aromatic rings. The molecule has 0 bridgehead atoms. The minimum absolute atomic E-state index is 0.369. The molecular formula is C20H17N5O2. The Morgan fingerprint density at radius 2 is 1.89 bits per heavy atom. The van der Waals surface area contributed by atoms with Crippen molar-refractivity contribution in [3.63, 3.8) is 0 Å². The minimum Gasteiger partial charge on any atom is -0.465 e. The normalized spacial score (nSPS) is 9.96. The molecule has 2 aromatic carbocycles. The zero-order valence-electron chi connectivity index (χ0n) is 14.9. The second-order valence-corrected chi connectivity index (χ2v) is 5.70. The van der Waals surface area contributed by atoms with Gasteiger partial charge in [0.15, 0.2) is 0 Å². The summed E-state index contributed by atoms with van der Waals surface area (Å²) < 4.78 is 4.73. The molecular weight excluding hydrogens is 342 g/mol. The van der Waals surface area contributed by atoms with Crippen molar-refractivity contribution in [3.05, 3.63) is 71.4 Å². The number of methoxy groups -OCH3 is 1. The SMILES string of the molecule is COC(=O)c1cccc(Nc2nc(C)cc(Nc3ccccc3C#N)n2)c1. The summed E-state index contributed by atoms with van der Waals surface area (Å²) in [5, 5.41) is 15.4. The zero-order valence-corrected chi connectivity index (χ0v) is 14.9. The van der Waals surface area contributed by atoms with Crippen LogP contribution in [0.4, 0.5) is 23.1 Å². The van der Waals surface area contributed by atoms with Crippen LogP contribution in [-0.2, 0) is 4.74 Å². The van der Waals surface area contributed by atoms with E-state index in [1.807, 2.05) is 19.1 Å². The lowest BCUT2D eigenvalue weighted by atomic mass is 10.2. The molecule has 0 aliphatic carbocycles. The van der Waals surface area contributed by atoms with Crippen molar-refractivity contribution in [2.45, 2.75) is 6.92 Å². The number of esters is 1. The second kappa shape index (κ2) is 7.97. The van der Waals surface area contributed by atoms with Gasteiger partial charge in [-0.05, 0) is 37.3 Å². The first-order valence-electron chi connectivity index (χ1n) is 8.16. The van der Waals surface area contributed by atoms with Crippen LogP contribution < -0.4 is 10.6 Å². The van der Waals surface area contributed by atoms with Crippen molar-refractivity contribution in [1.29, 1.82) is 5.26 Å². The average molecular weight is 359 g/mol. The molecule has 0 radical (unpaired) electrons. The van der Waals surface area contributed by atoms with Crippen LogP contribution in [0, 0.1) is 18.3 Å². The van der Waals surface area contributed by atoms with Gasteiger partial charge in [-0.3, -0.25) is 0 Å². The summed E-state index contributed by atoms with van der Waals surface area (Å²) in [4.78, 5) is 20.5. The van der Waals surface area contributed by atoms with Crippen LogP contribution in [0.3, 0.4) is 0 Å². The molecule has 134 valence electrons. The molecule has 0 fully saturated rings. The summed E-state index contributed by atoms with van der Waals surface area (Å²) in [6, 6.07) is 18.0.